The molecule has 1 aliphatic heterocycles. The number of nitrogens with two attached hydrogens (primary N) is 1. The summed E-state index contributed by atoms with van der Waals surface area (Å²) in [6.45, 7) is 3.30. The number of nitrogens with one attached hydrogen (secondary N) is 1. The van der Waals surface area contributed by atoms with Gasteiger partial charge in [-0.05, 0) is 41.7 Å². The van der Waals surface area contributed by atoms with E-state index in [2.05, 4.69) is 42.2 Å². The van der Waals surface area contributed by atoms with Crippen LogP contribution in [0.4, 0.5) is 0 Å². The van der Waals surface area contributed by atoms with Crippen LogP contribution >= 0.6 is 0 Å². The quantitative estimate of drug-likeness (QED) is 0.758. The van der Waals surface area contributed by atoms with Crippen LogP contribution in [0.2, 0.25) is 0 Å². The zero-order chi connectivity index (χ0) is 18.1. The molecule has 3 N–H and O–H groups in total. The summed E-state index contributed by atoms with van der Waals surface area (Å²) in [6.07, 6.45) is 2.29. The van der Waals surface area contributed by atoms with Crippen molar-refractivity contribution >= 4 is 16.8 Å². The smallest absolute Gasteiger partial charge is 0.224 e. The van der Waals surface area contributed by atoms with Gasteiger partial charge in [0.25, 0.3) is 0 Å². The largest absolute Gasteiger partial charge is 0.356 e. The molecule has 134 valence electrons. The van der Waals surface area contributed by atoms with E-state index in [1.165, 1.54) is 16.5 Å². The van der Waals surface area contributed by atoms with Gasteiger partial charge in [-0.1, -0.05) is 43.3 Å². The number of fused-ring (bicyclic) bond motifs is 3. The molecule has 0 bridgehead atoms. The fraction of sp³-hybridized carbons (Fsp3) is 0.318. The third-order valence-electron chi connectivity index (χ3n) is 5.39. The SMILES string of the molecule is CCc1ccc2[nH]c3c(c2c1)CCN(C(=O)CCN)C3c1ccccc1. The molecule has 0 saturated carbocycles. The molecule has 0 aliphatic carbocycles. The number of aromatic amines is 1. The van der Waals surface area contributed by atoms with Gasteiger partial charge in [0.1, 0.15) is 0 Å². The fourth-order valence-electron chi connectivity index (χ4n) is 4.07. The fourth-order valence-corrected chi connectivity index (χ4v) is 4.07. The Labute approximate surface area is 154 Å². The van der Waals surface area contributed by atoms with E-state index in [-0.39, 0.29) is 11.9 Å². The van der Waals surface area contributed by atoms with Crippen molar-refractivity contribution in [3.05, 3.63) is 70.9 Å². The summed E-state index contributed by atoms with van der Waals surface area (Å²) >= 11 is 0. The first-order valence-corrected chi connectivity index (χ1v) is 9.40. The minimum absolute atomic E-state index is 0.0727. The minimum atomic E-state index is -0.0727. The summed E-state index contributed by atoms with van der Waals surface area (Å²) in [7, 11) is 0. The molecule has 0 saturated heterocycles. The number of H-pyrrole nitrogens is 1. The second-order valence-corrected chi connectivity index (χ2v) is 6.94. The lowest BCUT2D eigenvalue weighted by atomic mass is 9.91. The van der Waals surface area contributed by atoms with Crippen LogP contribution in [0.25, 0.3) is 10.9 Å². The maximum atomic E-state index is 12.7. The number of amides is 1. The number of hydrogen-bond acceptors (Lipinski definition) is 2. The topological polar surface area (TPSA) is 62.1 Å². The highest BCUT2D eigenvalue weighted by Crippen LogP contribution is 2.38. The first-order valence-electron chi connectivity index (χ1n) is 9.40. The molecule has 26 heavy (non-hydrogen) atoms. The van der Waals surface area contributed by atoms with E-state index < -0.39 is 0 Å². The van der Waals surface area contributed by atoms with Gasteiger partial charge in [-0.15, -0.1) is 0 Å². The van der Waals surface area contributed by atoms with E-state index in [9.17, 15) is 4.79 Å². The Balaban J connectivity index is 1.87. The summed E-state index contributed by atoms with van der Waals surface area (Å²) in [5.74, 6) is 0.125. The number of nitrogens with zero attached hydrogens (tertiary/aromatic N) is 1. The van der Waals surface area contributed by atoms with Gasteiger partial charge in [0.05, 0.1) is 6.04 Å². The number of aryl methyl sites for hydroxylation is 1. The third kappa shape index (κ3) is 2.80. The zero-order valence-electron chi connectivity index (χ0n) is 15.2. The molecule has 1 amide bonds. The van der Waals surface area contributed by atoms with Crippen molar-refractivity contribution in [2.24, 2.45) is 5.73 Å². The summed E-state index contributed by atoms with van der Waals surface area (Å²) in [4.78, 5) is 18.3. The minimum Gasteiger partial charge on any atom is -0.356 e. The normalized spacial score (nSPS) is 16.7. The highest BCUT2D eigenvalue weighted by molar-refractivity contribution is 5.87. The van der Waals surface area contributed by atoms with Crippen LogP contribution in [-0.2, 0) is 17.6 Å². The van der Waals surface area contributed by atoms with E-state index in [4.69, 9.17) is 5.73 Å². The van der Waals surface area contributed by atoms with Gasteiger partial charge in [0.15, 0.2) is 0 Å². The summed E-state index contributed by atoms with van der Waals surface area (Å²) < 4.78 is 0. The molecule has 4 rings (SSSR count). The van der Waals surface area contributed by atoms with Crippen LogP contribution in [-0.4, -0.2) is 28.9 Å². The van der Waals surface area contributed by atoms with E-state index in [0.29, 0.717) is 13.0 Å². The first kappa shape index (κ1) is 16.9. The second-order valence-electron chi connectivity index (χ2n) is 6.94. The van der Waals surface area contributed by atoms with E-state index in [1.54, 1.807) is 0 Å². The van der Waals surface area contributed by atoms with Gasteiger partial charge in [-0.3, -0.25) is 4.79 Å². The van der Waals surface area contributed by atoms with E-state index >= 15 is 0 Å². The zero-order valence-corrected chi connectivity index (χ0v) is 15.2. The Bertz CT molecular complexity index is 929. The number of rotatable bonds is 4. The molecule has 0 fully saturated rings. The molecule has 4 heteroatoms. The Kier molecular flexibility index (Phi) is 4.51. The lowest BCUT2D eigenvalue weighted by Crippen LogP contribution is -2.41. The number of aromatic nitrogens is 1. The Morgan fingerprint density at radius 3 is 2.77 bits per heavy atom. The van der Waals surface area contributed by atoms with Gasteiger partial charge in [-0.2, -0.15) is 0 Å². The molecule has 0 spiro atoms. The summed E-state index contributed by atoms with van der Waals surface area (Å²) in [6, 6.07) is 16.9. The van der Waals surface area contributed by atoms with Gasteiger partial charge in [-0.25, -0.2) is 0 Å². The molecule has 1 aromatic heterocycles. The predicted molar refractivity (Wildman–Crippen MR) is 105 cm³/mol. The average Bonchev–Trinajstić information content (AvgIpc) is 3.05. The molecule has 0 radical (unpaired) electrons. The first-order chi connectivity index (χ1) is 12.7. The molecule has 2 aromatic carbocycles. The van der Waals surface area contributed by atoms with Crippen molar-refractivity contribution in [2.45, 2.75) is 32.2 Å². The molecular weight excluding hydrogens is 322 g/mol. The van der Waals surface area contributed by atoms with Crippen molar-refractivity contribution in [2.75, 3.05) is 13.1 Å². The van der Waals surface area contributed by atoms with Crippen molar-refractivity contribution in [3.63, 3.8) is 0 Å². The Morgan fingerprint density at radius 1 is 1.23 bits per heavy atom. The number of hydrogen-bond donors (Lipinski definition) is 2. The summed E-state index contributed by atoms with van der Waals surface area (Å²) in [5.41, 5.74) is 11.8. The lowest BCUT2D eigenvalue weighted by molar-refractivity contribution is -0.133. The van der Waals surface area contributed by atoms with Crippen LogP contribution in [0.1, 0.15) is 41.8 Å². The van der Waals surface area contributed by atoms with Gasteiger partial charge < -0.3 is 15.6 Å². The third-order valence-corrected chi connectivity index (χ3v) is 5.39. The van der Waals surface area contributed by atoms with Crippen molar-refractivity contribution < 1.29 is 4.79 Å². The highest BCUT2D eigenvalue weighted by Gasteiger charge is 2.33. The maximum Gasteiger partial charge on any atom is 0.224 e. The summed E-state index contributed by atoms with van der Waals surface area (Å²) in [5, 5.41) is 1.30. The van der Waals surface area contributed by atoms with E-state index in [1.807, 2.05) is 23.1 Å². The van der Waals surface area contributed by atoms with Crippen LogP contribution in [0, 0.1) is 0 Å². The Hall–Kier alpha value is -2.59. The molecule has 3 aromatic rings. The standard InChI is InChI=1S/C22H25N3O/c1-2-15-8-9-19-18(14-15)17-11-13-25(20(26)10-12-23)22(21(17)24-19)16-6-4-3-5-7-16/h3-9,14,22,24H,2,10-13,23H2,1H3. The highest BCUT2D eigenvalue weighted by atomic mass is 16.2. The van der Waals surface area contributed by atoms with Gasteiger partial charge in [0.2, 0.25) is 5.91 Å². The van der Waals surface area contributed by atoms with Crippen molar-refractivity contribution in [1.82, 2.24) is 9.88 Å². The van der Waals surface area contributed by atoms with E-state index in [0.717, 1.165) is 36.2 Å². The number of carbonyl (C=O) groups is 1. The molecule has 4 nitrogen and oxygen atoms in total. The van der Waals surface area contributed by atoms with Crippen molar-refractivity contribution in [3.8, 4) is 0 Å². The molecule has 2 heterocycles. The van der Waals surface area contributed by atoms with Crippen LogP contribution in [0.3, 0.4) is 0 Å². The average molecular weight is 347 g/mol. The van der Waals surface area contributed by atoms with Gasteiger partial charge >= 0.3 is 0 Å². The van der Waals surface area contributed by atoms with Crippen LogP contribution < -0.4 is 5.73 Å². The van der Waals surface area contributed by atoms with Crippen molar-refractivity contribution in [1.29, 1.82) is 0 Å². The molecule has 1 aliphatic rings. The van der Waals surface area contributed by atoms with Gasteiger partial charge in [0, 0.05) is 36.1 Å². The predicted octanol–water partition coefficient (Wildman–Crippen LogP) is 3.55. The van der Waals surface area contributed by atoms with Crippen LogP contribution in [0.5, 0.6) is 0 Å². The number of carbonyl (C=O) groups excluding carboxylic acids is 1. The van der Waals surface area contributed by atoms with Crippen LogP contribution in [0.15, 0.2) is 48.5 Å². The monoisotopic (exact) mass is 347 g/mol. The lowest BCUT2D eigenvalue weighted by Gasteiger charge is -2.36. The number of benzene rings is 2. The molecule has 1 unspecified atom stereocenters. The molecule has 1 atom stereocenters. The second kappa shape index (κ2) is 6.96. The maximum absolute atomic E-state index is 12.7. The molecular formula is C22H25N3O. The Morgan fingerprint density at radius 2 is 2.04 bits per heavy atom.